The zero-order chi connectivity index (χ0) is 25.9. The van der Waals surface area contributed by atoms with Crippen molar-refractivity contribution in [3.8, 4) is 17.2 Å². The van der Waals surface area contributed by atoms with Gasteiger partial charge in [0.1, 0.15) is 17.2 Å². The lowest BCUT2D eigenvalue weighted by atomic mass is 9.89. The van der Waals surface area contributed by atoms with Crippen LogP contribution in [0.2, 0.25) is 0 Å². The van der Waals surface area contributed by atoms with Crippen molar-refractivity contribution in [3.05, 3.63) is 47.2 Å². The lowest BCUT2D eigenvalue weighted by Gasteiger charge is -2.34. The summed E-state index contributed by atoms with van der Waals surface area (Å²) in [7, 11) is 0. The Bertz CT molecular complexity index is 1240. The highest BCUT2D eigenvalue weighted by molar-refractivity contribution is 5.85. The molecule has 0 saturated heterocycles. The molecule has 1 atom stereocenters. The predicted molar refractivity (Wildman–Crippen MR) is 125 cm³/mol. The highest BCUT2D eigenvalue weighted by Crippen LogP contribution is 2.39. The third kappa shape index (κ3) is 5.08. The minimum absolute atomic E-state index is 0.0717. The number of benzene rings is 2. The van der Waals surface area contributed by atoms with Gasteiger partial charge in [0.25, 0.3) is 0 Å². The number of nitrogens with zero attached hydrogens (tertiary/aromatic N) is 1. The molecule has 1 N–H and O–H groups in total. The van der Waals surface area contributed by atoms with Gasteiger partial charge in [-0.3, -0.25) is 0 Å². The molecular formula is C26H28F3NO6. The lowest BCUT2D eigenvalue weighted by Crippen LogP contribution is -2.46. The largest absolute Gasteiger partial charge is 0.493 e. The van der Waals surface area contributed by atoms with E-state index in [0.717, 1.165) is 5.56 Å². The molecule has 1 aromatic heterocycles. The van der Waals surface area contributed by atoms with Gasteiger partial charge in [-0.25, -0.2) is 4.79 Å². The van der Waals surface area contributed by atoms with Crippen LogP contribution < -0.4 is 14.2 Å². The van der Waals surface area contributed by atoms with E-state index in [0.29, 0.717) is 74.6 Å². The van der Waals surface area contributed by atoms with Crippen molar-refractivity contribution in [2.24, 2.45) is 0 Å². The number of halogens is 3. The first kappa shape index (κ1) is 25.7. The zero-order valence-corrected chi connectivity index (χ0v) is 20.1. The Balaban J connectivity index is 1.34. The second-order valence-corrected chi connectivity index (χ2v) is 8.77. The number of ether oxygens (including phenoxy) is 3. The van der Waals surface area contributed by atoms with E-state index in [1.807, 2.05) is 13.0 Å². The first-order valence-electron chi connectivity index (χ1n) is 12.0. The maximum absolute atomic E-state index is 13.2. The molecule has 0 radical (unpaired) electrons. The van der Waals surface area contributed by atoms with Gasteiger partial charge in [-0.1, -0.05) is 25.4 Å². The summed E-state index contributed by atoms with van der Waals surface area (Å²) in [6.45, 7) is 4.38. The van der Waals surface area contributed by atoms with E-state index in [1.165, 1.54) is 12.1 Å². The summed E-state index contributed by atoms with van der Waals surface area (Å²) in [5.41, 5.74) is -0.653. The van der Waals surface area contributed by atoms with E-state index in [1.54, 1.807) is 19.1 Å². The fraction of sp³-hybridized carbons (Fsp3) is 0.462. The average molecular weight is 508 g/mol. The van der Waals surface area contributed by atoms with Gasteiger partial charge in [0, 0.05) is 18.4 Å². The molecule has 194 valence electrons. The molecule has 0 spiro atoms. The second-order valence-electron chi connectivity index (χ2n) is 8.77. The van der Waals surface area contributed by atoms with Crippen molar-refractivity contribution in [1.82, 2.24) is 5.16 Å². The number of hydrogen-bond donors (Lipinski definition) is 1. The molecule has 1 aliphatic heterocycles. The summed E-state index contributed by atoms with van der Waals surface area (Å²) in [5, 5.41) is 12.7. The Morgan fingerprint density at radius 1 is 1.17 bits per heavy atom. The van der Waals surface area contributed by atoms with Crippen molar-refractivity contribution in [2.75, 3.05) is 13.2 Å². The summed E-state index contributed by atoms with van der Waals surface area (Å²) in [6.07, 6.45) is -1.50. The summed E-state index contributed by atoms with van der Waals surface area (Å²) < 4.78 is 62.1. The quantitative estimate of drug-likeness (QED) is 0.327. The van der Waals surface area contributed by atoms with Crippen molar-refractivity contribution in [2.45, 2.75) is 64.1 Å². The first-order chi connectivity index (χ1) is 17.2. The van der Waals surface area contributed by atoms with Crippen molar-refractivity contribution >= 4 is 16.9 Å². The summed E-state index contributed by atoms with van der Waals surface area (Å²) in [4.78, 5) is 11.6. The fourth-order valence-corrected chi connectivity index (χ4v) is 4.39. The Hall–Kier alpha value is -3.43. The van der Waals surface area contributed by atoms with Gasteiger partial charge in [0.2, 0.25) is 5.60 Å². The van der Waals surface area contributed by atoms with Gasteiger partial charge >= 0.3 is 12.1 Å². The fourth-order valence-electron chi connectivity index (χ4n) is 4.39. The van der Waals surface area contributed by atoms with Crippen LogP contribution in [0, 0.1) is 0 Å². The number of carboxylic acids is 1. The van der Waals surface area contributed by atoms with E-state index in [-0.39, 0.29) is 11.0 Å². The van der Waals surface area contributed by atoms with Gasteiger partial charge in [-0.15, -0.1) is 0 Å². The third-order valence-electron chi connectivity index (χ3n) is 6.38. The summed E-state index contributed by atoms with van der Waals surface area (Å²) >= 11 is 0. The minimum Gasteiger partial charge on any atom is -0.493 e. The van der Waals surface area contributed by atoms with Crippen molar-refractivity contribution in [1.29, 1.82) is 0 Å². The van der Waals surface area contributed by atoms with Crippen LogP contribution in [0.4, 0.5) is 13.2 Å². The predicted octanol–water partition coefficient (Wildman–Crippen LogP) is 6.21. The van der Waals surface area contributed by atoms with Crippen LogP contribution in [0.25, 0.3) is 11.0 Å². The van der Waals surface area contributed by atoms with E-state index in [4.69, 9.17) is 18.7 Å². The van der Waals surface area contributed by atoms with Gasteiger partial charge in [-0.2, -0.15) is 13.2 Å². The number of aromatic nitrogens is 1. The monoisotopic (exact) mass is 507 g/mol. The number of aryl methyl sites for hydroxylation is 2. The Labute approximate surface area is 206 Å². The number of carboxylic acid groups (broad SMARTS) is 1. The van der Waals surface area contributed by atoms with Crippen LogP contribution >= 0.6 is 0 Å². The Morgan fingerprint density at radius 2 is 1.94 bits per heavy atom. The molecule has 3 aromatic rings. The van der Waals surface area contributed by atoms with Gasteiger partial charge in [0.05, 0.1) is 18.6 Å². The molecule has 2 aromatic carbocycles. The van der Waals surface area contributed by atoms with Crippen molar-refractivity contribution in [3.63, 3.8) is 0 Å². The number of rotatable bonds is 10. The molecule has 2 heterocycles. The molecule has 0 bridgehead atoms. The highest BCUT2D eigenvalue weighted by atomic mass is 19.4. The van der Waals surface area contributed by atoms with Crippen LogP contribution in [0.15, 0.2) is 34.9 Å². The van der Waals surface area contributed by atoms with Crippen molar-refractivity contribution < 1.29 is 41.8 Å². The molecule has 4 rings (SSSR count). The molecule has 10 heteroatoms. The van der Waals surface area contributed by atoms with Gasteiger partial charge in [0.15, 0.2) is 11.3 Å². The molecule has 7 nitrogen and oxygen atoms in total. The normalized spacial score (nSPS) is 17.5. The Morgan fingerprint density at radius 3 is 2.64 bits per heavy atom. The zero-order valence-electron chi connectivity index (χ0n) is 20.1. The number of aliphatic carboxylic acids is 1. The van der Waals surface area contributed by atoms with E-state index < -0.39 is 23.4 Å². The average Bonchev–Trinajstić information content (AvgIpc) is 3.29. The van der Waals surface area contributed by atoms with Crippen LogP contribution in [0.1, 0.15) is 56.4 Å². The molecule has 0 aliphatic carbocycles. The minimum atomic E-state index is -4.59. The smallest absolute Gasteiger partial charge is 0.437 e. The molecule has 0 amide bonds. The number of alkyl halides is 3. The molecular weight excluding hydrogens is 479 g/mol. The maximum Gasteiger partial charge on any atom is 0.437 e. The lowest BCUT2D eigenvalue weighted by molar-refractivity contribution is -0.157. The molecule has 1 aliphatic rings. The maximum atomic E-state index is 13.2. The standard InChI is InChI=1S/C26H28F3NO6/c1-3-6-18-21(10-8-19-22(18)36-30-23(19)26(27,28)29)34-14-5-13-33-17-7-9-20-16(15-17)11-12-25(4-2,35-20)24(31)32/h7-10,15H,3-6,11-14H2,1-2H3,(H,31,32). The Kier molecular flexibility index (Phi) is 7.33. The van der Waals surface area contributed by atoms with Crippen LogP contribution in [0.5, 0.6) is 17.2 Å². The number of fused-ring (bicyclic) bond motifs is 2. The van der Waals surface area contributed by atoms with Gasteiger partial charge in [-0.05, 0) is 55.2 Å². The molecule has 36 heavy (non-hydrogen) atoms. The highest BCUT2D eigenvalue weighted by Gasteiger charge is 2.42. The van der Waals surface area contributed by atoms with Crippen LogP contribution in [-0.4, -0.2) is 35.0 Å². The SMILES string of the molecule is CCCc1c(OCCCOc2ccc3c(c2)CCC(CC)(C(=O)O)O3)ccc2c(C(F)(F)F)noc12. The topological polar surface area (TPSA) is 91.0 Å². The van der Waals surface area contributed by atoms with E-state index >= 15 is 0 Å². The van der Waals surface area contributed by atoms with Crippen LogP contribution in [-0.2, 0) is 23.8 Å². The number of carbonyl (C=O) groups is 1. The summed E-state index contributed by atoms with van der Waals surface area (Å²) in [6, 6.07) is 8.17. The van der Waals surface area contributed by atoms with E-state index in [2.05, 4.69) is 5.16 Å². The van der Waals surface area contributed by atoms with Gasteiger partial charge < -0.3 is 23.8 Å². The van der Waals surface area contributed by atoms with E-state index in [9.17, 15) is 23.1 Å². The molecule has 0 saturated carbocycles. The molecule has 1 unspecified atom stereocenters. The second kappa shape index (κ2) is 10.3. The first-order valence-corrected chi connectivity index (χ1v) is 12.0. The molecule has 0 fully saturated rings. The summed E-state index contributed by atoms with van der Waals surface area (Å²) in [5.74, 6) is 0.714. The number of hydrogen-bond acceptors (Lipinski definition) is 6. The third-order valence-corrected chi connectivity index (χ3v) is 6.38. The van der Waals surface area contributed by atoms with Crippen LogP contribution in [0.3, 0.4) is 0 Å².